The van der Waals surface area contributed by atoms with Crippen LogP contribution in [0.5, 0.6) is 0 Å². The first-order valence-electron chi connectivity index (χ1n) is 6.79. The van der Waals surface area contributed by atoms with Crippen molar-refractivity contribution in [3.05, 3.63) is 64.4 Å². The van der Waals surface area contributed by atoms with Crippen LogP contribution in [0.15, 0.2) is 42.6 Å². The number of ether oxygens (including phenoxy) is 1. The van der Waals surface area contributed by atoms with Gasteiger partial charge in [0.2, 0.25) is 0 Å². The maximum atomic E-state index is 12.1. The van der Waals surface area contributed by atoms with E-state index in [2.05, 4.69) is 4.98 Å². The molecule has 21 heavy (non-hydrogen) atoms. The van der Waals surface area contributed by atoms with Gasteiger partial charge in [-0.05, 0) is 29.8 Å². The summed E-state index contributed by atoms with van der Waals surface area (Å²) in [7, 11) is 0. The van der Waals surface area contributed by atoms with Crippen molar-refractivity contribution in [2.75, 3.05) is 13.2 Å². The van der Waals surface area contributed by atoms with Crippen LogP contribution in [0.1, 0.15) is 21.6 Å². The van der Waals surface area contributed by atoms with Crippen molar-refractivity contribution in [2.45, 2.75) is 13.2 Å². The van der Waals surface area contributed by atoms with Gasteiger partial charge in [0.25, 0.3) is 5.91 Å². The van der Waals surface area contributed by atoms with E-state index in [0.717, 1.165) is 11.3 Å². The Morgan fingerprint density at radius 1 is 1.24 bits per heavy atom. The lowest BCUT2D eigenvalue weighted by Gasteiger charge is -2.15. The van der Waals surface area contributed by atoms with Gasteiger partial charge in [0.15, 0.2) is 0 Å². The number of amides is 1. The van der Waals surface area contributed by atoms with Crippen LogP contribution in [0, 0.1) is 0 Å². The minimum absolute atomic E-state index is 0.0354. The number of hydrogen-bond acceptors (Lipinski definition) is 3. The minimum Gasteiger partial charge on any atom is -0.375 e. The smallest absolute Gasteiger partial charge is 0.256 e. The average molecular weight is 303 g/mol. The number of rotatable bonds is 5. The Morgan fingerprint density at radius 3 is 2.81 bits per heavy atom. The zero-order valence-electron chi connectivity index (χ0n) is 11.5. The van der Waals surface area contributed by atoms with Crippen LogP contribution < -0.4 is 0 Å². The fraction of sp³-hybridized carbons (Fsp3) is 0.250. The van der Waals surface area contributed by atoms with Crippen LogP contribution in [0.25, 0.3) is 0 Å². The highest BCUT2D eigenvalue weighted by Crippen LogP contribution is 2.19. The van der Waals surface area contributed by atoms with Gasteiger partial charge in [0.05, 0.1) is 31.0 Å². The Labute approximate surface area is 128 Å². The molecule has 0 spiro atoms. The van der Waals surface area contributed by atoms with Crippen molar-refractivity contribution in [3.63, 3.8) is 0 Å². The minimum atomic E-state index is 0.0354. The molecule has 0 fully saturated rings. The predicted molar refractivity (Wildman–Crippen MR) is 80.1 cm³/mol. The molecule has 0 N–H and O–H groups in total. The molecule has 1 aliphatic rings. The van der Waals surface area contributed by atoms with Gasteiger partial charge in [-0.15, -0.1) is 0 Å². The number of hydrogen-bond donors (Lipinski definition) is 0. The summed E-state index contributed by atoms with van der Waals surface area (Å²) in [5.74, 6) is 0.0354. The first-order valence-corrected chi connectivity index (χ1v) is 7.17. The average Bonchev–Trinajstić information content (AvgIpc) is 2.82. The van der Waals surface area contributed by atoms with Crippen molar-refractivity contribution in [3.8, 4) is 0 Å². The van der Waals surface area contributed by atoms with Gasteiger partial charge >= 0.3 is 0 Å². The van der Waals surface area contributed by atoms with Crippen molar-refractivity contribution >= 4 is 17.5 Å². The van der Waals surface area contributed by atoms with Crippen molar-refractivity contribution in [1.82, 2.24) is 9.88 Å². The molecule has 3 rings (SSSR count). The third kappa shape index (κ3) is 3.23. The van der Waals surface area contributed by atoms with E-state index in [1.54, 1.807) is 17.2 Å². The third-order valence-electron chi connectivity index (χ3n) is 3.44. The molecule has 108 valence electrons. The molecule has 1 amide bonds. The van der Waals surface area contributed by atoms with Gasteiger partial charge in [-0.25, -0.2) is 0 Å². The highest BCUT2D eigenvalue weighted by atomic mass is 35.5. The van der Waals surface area contributed by atoms with Crippen LogP contribution in [0.2, 0.25) is 5.02 Å². The first-order chi connectivity index (χ1) is 10.2. The van der Waals surface area contributed by atoms with E-state index in [1.165, 1.54) is 0 Å². The summed E-state index contributed by atoms with van der Waals surface area (Å²) in [6.45, 7) is 2.16. The van der Waals surface area contributed by atoms with Crippen molar-refractivity contribution < 1.29 is 9.53 Å². The summed E-state index contributed by atoms with van der Waals surface area (Å²) in [5.41, 5.74) is 2.62. The number of halogens is 1. The van der Waals surface area contributed by atoms with Gasteiger partial charge in [-0.3, -0.25) is 9.78 Å². The summed E-state index contributed by atoms with van der Waals surface area (Å²) < 4.78 is 5.61. The third-order valence-corrected chi connectivity index (χ3v) is 3.69. The molecule has 1 aromatic heterocycles. The molecule has 2 aromatic rings. The Hall–Kier alpha value is -1.91. The van der Waals surface area contributed by atoms with Crippen LogP contribution in [0.3, 0.4) is 0 Å². The molecule has 0 bridgehead atoms. The Balaban J connectivity index is 1.47. The number of fused-ring (bicyclic) bond motifs is 1. The van der Waals surface area contributed by atoms with Gasteiger partial charge in [0, 0.05) is 17.8 Å². The zero-order valence-corrected chi connectivity index (χ0v) is 12.2. The van der Waals surface area contributed by atoms with E-state index in [-0.39, 0.29) is 5.91 Å². The second kappa shape index (κ2) is 6.24. The second-order valence-corrected chi connectivity index (χ2v) is 5.34. The highest BCUT2D eigenvalue weighted by Gasteiger charge is 2.27. The molecular weight excluding hydrogens is 288 g/mol. The summed E-state index contributed by atoms with van der Waals surface area (Å²) in [6, 6.07) is 11.2. The number of carbonyl (C=O) groups is 1. The number of benzene rings is 1. The van der Waals surface area contributed by atoms with Crippen LogP contribution >= 0.6 is 11.6 Å². The predicted octanol–water partition coefficient (Wildman–Crippen LogP) is 2.91. The molecule has 0 radical (unpaired) electrons. The van der Waals surface area contributed by atoms with E-state index in [9.17, 15) is 4.79 Å². The quantitative estimate of drug-likeness (QED) is 0.798. The Morgan fingerprint density at radius 2 is 2.05 bits per heavy atom. The van der Waals surface area contributed by atoms with Gasteiger partial charge in [-0.1, -0.05) is 23.7 Å². The lowest BCUT2D eigenvalue weighted by Crippen LogP contribution is -2.27. The SMILES string of the molecule is O=C1c2cccnc2CN1CCOCc1ccc(Cl)cc1. The van der Waals surface area contributed by atoms with Gasteiger partial charge in [0.1, 0.15) is 0 Å². The molecular formula is C16H15ClN2O2. The molecule has 2 heterocycles. The van der Waals surface area contributed by atoms with E-state index in [0.29, 0.717) is 36.9 Å². The molecule has 0 saturated heterocycles. The van der Waals surface area contributed by atoms with Crippen LogP contribution in [-0.2, 0) is 17.9 Å². The summed E-state index contributed by atoms with van der Waals surface area (Å²) >= 11 is 5.83. The molecule has 1 aliphatic heterocycles. The monoisotopic (exact) mass is 302 g/mol. The fourth-order valence-electron chi connectivity index (χ4n) is 2.31. The normalized spacial score (nSPS) is 13.6. The molecule has 5 heteroatoms. The highest BCUT2D eigenvalue weighted by molar-refractivity contribution is 6.30. The van der Waals surface area contributed by atoms with Crippen molar-refractivity contribution in [1.29, 1.82) is 0 Å². The standard InChI is InChI=1S/C16H15ClN2O2/c17-13-5-3-12(4-6-13)11-21-9-8-19-10-15-14(16(19)20)2-1-7-18-15/h1-7H,8-11H2. The molecule has 4 nitrogen and oxygen atoms in total. The van der Waals surface area contributed by atoms with Crippen LogP contribution in [-0.4, -0.2) is 28.9 Å². The van der Waals surface area contributed by atoms with Crippen molar-refractivity contribution in [2.24, 2.45) is 0 Å². The van der Waals surface area contributed by atoms with E-state index in [1.807, 2.05) is 30.3 Å². The topological polar surface area (TPSA) is 42.4 Å². The summed E-state index contributed by atoms with van der Waals surface area (Å²) in [6.07, 6.45) is 1.71. The molecule has 1 aromatic carbocycles. The lowest BCUT2D eigenvalue weighted by molar-refractivity contribution is 0.0637. The molecule has 0 unspecified atom stereocenters. The maximum absolute atomic E-state index is 12.1. The summed E-state index contributed by atoms with van der Waals surface area (Å²) in [4.78, 5) is 18.1. The largest absolute Gasteiger partial charge is 0.375 e. The lowest BCUT2D eigenvalue weighted by atomic mass is 10.2. The van der Waals surface area contributed by atoms with E-state index in [4.69, 9.17) is 16.3 Å². The first kappa shape index (κ1) is 14.0. The number of pyridine rings is 1. The Bertz CT molecular complexity index is 643. The number of carbonyl (C=O) groups excluding carboxylic acids is 1. The van der Waals surface area contributed by atoms with E-state index >= 15 is 0 Å². The second-order valence-electron chi connectivity index (χ2n) is 4.90. The molecule has 0 aliphatic carbocycles. The number of aromatic nitrogens is 1. The van der Waals surface area contributed by atoms with E-state index < -0.39 is 0 Å². The van der Waals surface area contributed by atoms with Crippen LogP contribution in [0.4, 0.5) is 0 Å². The van der Waals surface area contributed by atoms with Gasteiger partial charge in [-0.2, -0.15) is 0 Å². The Kier molecular flexibility index (Phi) is 4.18. The van der Waals surface area contributed by atoms with Gasteiger partial charge < -0.3 is 9.64 Å². The maximum Gasteiger partial charge on any atom is 0.256 e. The fourth-order valence-corrected chi connectivity index (χ4v) is 2.43. The summed E-state index contributed by atoms with van der Waals surface area (Å²) in [5, 5.41) is 0.715. The molecule has 0 atom stereocenters. The molecule has 0 saturated carbocycles. The zero-order chi connectivity index (χ0) is 14.7. The number of nitrogens with zero attached hydrogens (tertiary/aromatic N) is 2.